The summed E-state index contributed by atoms with van der Waals surface area (Å²) >= 11 is 1.87. The number of rotatable bonds is 7. The van der Waals surface area contributed by atoms with Crippen molar-refractivity contribution in [3.05, 3.63) is 27.3 Å². The van der Waals surface area contributed by atoms with Gasteiger partial charge in [0, 0.05) is 17.2 Å². The van der Waals surface area contributed by atoms with Gasteiger partial charge in [-0.2, -0.15) is 0 Å². The summed E-state index contributed by atoms with van der Waals surface area (Å²) in [4.78, 5) is 11.1. The van der Waals surface area contributed by atoms with Crippen molar-refractivity contribution >= 4 is 38.6 Å². The molecule has 112 valence electrons. The van der Waals surface area contributed by atoms with Crippen LogP contribution in [0.25, 0.3) is 0 Å². The van der Waals surface area contributed by atoms with Gasteiger partial charge in [-0.25, -0.2) is 17.5 Å². The van der Waals surface area contributed by atoms with E-state index in [2.05, 4.69) is 5.32 Å². The summed E-state index contributed by atoms with van der Waals surface area (Å²) in [5, 5.41) is 12.0. The van der Waals surface area contributed by atoms with Crippen LogP contribution in [0.3, 0.4) is 0 Å². The zero-order valence-corrected chi connectivity index (χ0v) is 14.2. The third-order valence-corrected chi connectivity index (χ3v) is 5.57. The van der Waals surface area contributed by atoms with Crippen molar-refractivity contribution in [2.75, 3.05) is 27.2 Å². The number of benzene rings is 1. The third-order valence-electron chi connectivity index (χ3n) is 2.78. The minimum atomic E-state index is -3.65. The number of nitrogens with zero attached hydrogens (tertiary/aromatic N) is 1. The van der Waals surface area contributed by atoms with Crippen molar-refractivity contribution in [2.24, 2.45) is 0 Å². The highest BCUT2D eigenvalue weighted by atomic mass is 127. The van der Waals surface area contributed by atoms with Gasteiger partial charge in [-0.05, 0) is 60.8 Å². The largest absolute Gasteiger partial charge is 0.478 e. The molecule has 0 unspecified atom stereocenters. The van der Waals surface area contributed by atoms with Gasteiger partial charge in [0.25, 0.3) is 0 Å². The van der Waals surface area contributed by atoms with Gasteiger partial charge in [0.05, 0.1) is 10.5 Å². The maximum atomic E-state index is 12.3. The first-order valence-corrected chi connectivity index (χ1v) is 8.46. The second-order valence-corrected chi connectivity index (χ2v) is 7.44. The molecule has 0 aliphatic carbocycles. The summed E-state index contributed by atoms with van der Waals surface area (Å²) in [7, 11) is -0.365. The van der Waals surface area contributed by atoms with Gasteiger partial charge in [-0.1, -0.05) is 0 Å². The average Bonchev–Trinajstić information content (AvgIpc) is 2.38. The Kier molecular flexibility index (Phi) is 6.37. The second-order valence-electron chi connectivity index (χ2n) is 4.23. The Morgan fingerprint density at radius 1 is 1.45 bits per heavy atom. The van der Waals surface area contributed by atoms with Crippen molar-refractivity contribution in [1.82, 2.24) is 9.62 Å². The standard InChI is InChI=1S/C12H17IN2O4S/c1-14-6-3-7-15(2)20(18,19)9-4-5-11(13)10(8-9)12(16)17/h4-5,8,14H,3,6-7H2,1-2H3,(H,16,17). The van der Waals surface area contributed by atoms with Crippen LogP contribution in [0.4, 0.5) is 0 Å². The number of carboxylic acid groups (broad SMARTS) is 1. The highest BCUT2D eigenvalue weighted by Crippen LogP contribution is 2.20. The quantitative estimate of drug-likeness (QED) is 0.520. The van der Waals surface area contributed by atoms with Gasteiger partial charge in [-0.3, -0.25) is 0 Å². The molecule has 0 heterocycles. The van der Waals surface area contributed by atoms with Gasteiger partial charge < -0.3 is 10.4 Å². The highest BCUT2D eigenvalue weighted by molar-refractivity contribution is 14.1. The van der Waals surface area contributed by atoms with Crippen LogP contribution in [0.1, 0.15) is 16.8 Å². The normalized spacial score (nSPS) is 11.8. The Morgan fingerprint density at radius 2 is 2.10 bits per heavy atom. The zero-order valence-electron chi connectivity index (χ0n) is 11.3. The van der Waals surface area contributed by atoms with E-state index in [9.17, 15) is 13.2 Å². The minimum absolute atomic E-state index is 0.00211. The Bertz CT molecular complexity index is 589. The van der Waals surface area contributed by atoms with E-state index < -0.39 is 16.0 Å². The van der Waals surface area contributed by atoms with E-state index >= 15 is 0 Å². The average molecular weight is 412 g/mol. The summed E-state index contributed by atoms with van der Waals surface area (Å²) < 4.78 is 26.4. The molecule has 1 rings (SSSR count). The molecule has 0 radical (unpaired) electrons. The molecule has 0 saturated heterocycles. The van der Waals surface area contributed by atoms with E-state index in [1.807, 2.05) is 22.6 Å². The molecule has 0 saturated carbocycles. The van der Waals surface area contributed by atoms with E-state index in [0.717, 1.165) is 0 Å². The number of carbonyl (C=O) groups is 1. The maximum absolute atomic E-state index is 12.3. The minimum Gasteiger partial charge on any atom is -0.478 e. The van der Waals surface area contributed by atoms with Crippen LogP contribution in [0.15, 0.2) is 23.1 Å². The number of halogens is 1. The lowest BCUT2D eigenvalue weighted by molar-refractivity contribution is 0.0695. The van der Waals surface area contributed by atoms with Crippen molar-refractivity contribution in [2.45, 2.75) is 11.3 Å². The molecular weight excluding hydrogens is 395 g/mol. The van der Waals surface area contributed by atoms with Crippen LogP contribution < -0.4 is 5.32 Å². The molecule has 1 aromatic rings. The molecular formula is C12H17IN2O4S. The van der Waals surface area contributed by atoms with Crippen LogP contribution in [0.2, 0.25) is 0 Å². The predicted octanol–water partition coefficient (Wildman–Crippen LogP) is 1.22. The topological polar surface area (TPSA) is 86.7 Å². The van der Waals surface area contributed by atoms with Crippen molar-refractivity contribution in [3.63, 3.8) is 0 Å². The van der Waals surface area contributed by atoms with Gasteiger partial charge in [0.2, 0.25) is 10.0 Å². The fourth-order valence-corrected chi connectivity index (χ4v) is 3.41. The van der Waals surface area contributed by atoms with E-state index in [0.29, 0.717) is 23.1 Å². The van der Waals surface area contributed by atoms with Crippen molar-refractivity contribution < 1.29 is 18.3 Å². The van der Waals surface area contributed by atoms with Crippen molar-refractivity contribution in [3.8, 4) is 0 Å². The smallest absolute Gasteiger partial charge is 0.336 e. The number of aromatic carboxylic acids is 1. The Morgan fingerprint density at radius 3 is 2.65 bits per heavy atom. The fraction of sp³-hybridized carbons (Fsp3) is 0.417. The van der Waals surface area contributed by atoms with Crippen molar-refractivity contribution in [1.29, 1.82) is 0 Å². The van der Waals surface area contributed by atoms with Gasteiger partial charge in [0.15, 0.2) is 0 Å². The molecule has 1 aromatic carbocycles. The third kappa shape index (κ3) is 4.14. The molecule has 0 fully saturated rings. The van der Waals surface area contributed by atoms with E-state index in [1.54, 1.807) is 7.05 Å². The second kappa shape index (κ2) is 7.34. The first-order chi connectivity index (χ1) is 9.30. The maximum Gasteiger partial charge on any atom is 0.336 e. The Hall–Kier alpha value is -0.710. The fourth-order valence-electron chi connectivity index (χ4n) is 1.61. The summed E-state index contributed by atoms with van der Waals surface area (Å²) in [6.45, 7) is 1.09. The molecule has 6 nitrogen and oxygen atoms in total. The lowest BCUT2D eigenvalue weighted by Crippen LogP contribution is -2.29. The van der Waals surface area contributed by atoms with Crippen LogP contribution in [0, 0.1) is 3.57 Å². The summed E-state index contributed by atoms with van der Waals surface area (Å²) in [6.07, 6.45) is 0.683. The van der Waals surface area contributed by atoms with E-state index in [1.165, 1.54) is 29.6 Å². The first kappa shape index (κ1) is 17.3. The molecule has 0 aliphatic rings. The molecule has 8 heteroatoms. The zero-order chi connectivity index (χ0) is 15.3. The van der Waals surface area contributed by atoms with Crippen LogP contribution in [-0.2, 0) is 10.0 Å². The molecule has 0 amide bonds. The van der Waals surface area contributed by atoms with Gasteiger partial charge >= 0.3 is 5.97 Å². The number of nitrogens with one attached hydrogen (secondary N) is 1. The lowest BCUT2D eigenvalue weighted by atomic mass is 10.2. The Labute approximate surface area is 132 Å². The van der Waals surface area contributed by atoms with Crippen LogP contribution in [-0.4, -0.2) is 51.0 Å². The SMILES string of the molecule is CNCCCN(C)S(=O)(=O)c1ccc(I)c(C(=O)O)c1. The summed E-state index contributed by atoms with van der Waals surface area (Å²) in [6, 6.07) is 4.13. The molecule has 20 heavy (non-hydrogen) atoms. The molecule has 0 bridgehead atoms. The number of carboxylic acids is 1. The number of hydrogen-bond acceptors (Lipinski definition) is 4. The molecule has 0 aromatic heterocycles. The highest BCUT2D eigenvalue weighted by Gasteiger charge is 2.22. The molecule has 0 atom stereocenters. The van der Waals surface area contributed by atoms with Crippen LogP contribution in [0.5, 0.6) is 0 Å². The molecule has 2 N–H and O–H groups in total. The van der Waals surface area contributed by atoms with Gasteiger partial charge in [-0.15, -0.1) is 0 Å². The first-order valence-electron chi connectivity index (χ1n) is 5.94. The van der Waals surface area contributed by atoms with E-state index in [4.69, 9.17) is 5.11 Å². The number of sulfonamides is 1. The summed E-state index contributed by atoms with van der Waals surface area (Å²) in [5.74, 6) is -1.13. The molecule has 0 aliphatic heterocycles. The Balaban J connectivity index is 3.03. The lowest BCUT2D eigenvalue weighted by Gasteiger charge is -2.17. The van der Waals surface area contributed by atoms with Crippen LogP contribution >= 0.6 is 22.6 Å². The monoisotopic (exact) mass is 412 g/mol. The summed E-state index contributed by atoms with van der Waals surface area (Å²) in [5.41, 5.74) is -0.00435. The van der Waals surface area contributed by atoms with Gasteiger partial charge in [0.1, 0.15) is 0 Å². The number of hydrogen-bond donors (Lipinski definition) is 2. The molecule has 0 spiro atoms. The van der Waals surface area contributed by atoms with E-state index in [-0.39, 0.29) is 10.5 Å². The predicted molar refractivity (Wildman–Crippen MR) is 84.5 cm³/mol.